The number of hydrazone groups is 1. The number of nitrogen functional groups attached to an aromatic ring is 1. The highest BCUT2D eigenvalue weighted by Gasteiger charge is 2.08. The van der Waals surface area contributed by atoms with Crippen LogP contribution in [0.4, 0.5) is 11.4 Å². The van der Waals surface area contributed by atoms with Gasteiger partial charge in [0.25, 0.3) is 0 Å². The molecule has 0 saturated carbocycles. The maximum Gasteiger partial charge on any atom is 0.0776 e. The molecule has 0 radical (unpaired) electrons. The molecule has 3 nitrogen and oxygen atoms in total. The van der Waals surface area contributed by atoms with Gasteiger partial charge in [-0.25, -0.2) is 0 Å². The van der Waals surface area contributed by atoms with Gasteiger partial charge in [0.2, 0.25) is 0 Å². The van der Waals surface area contributed by atoms with Gasteiger partial charge in [0.05, 0.1) is 16.4 Å². The van der Waals surface area contributed by atoms with Crippen LogP contribution in [0.3, 0.4) is 0 Å². The standard InChI is InChI=1S/C15H15Cl2N3/c1-10(12-9-11(16)7-8-14(12)18)19-20(2)15-6-4-3-5-13(15)17/h3-9H,18H2,1-2H3/b19-10+. The fourth-order valence-corrected chi connectivity index (χ4v) is 2.32. The Morgan fingerprint density at radius 2 is 1.85 bits per heavy atom. The van der Waals surface area contributed by atoms with Crippen molar-refractivity contribution in [2.24, 2.45) is 5.10 Å². The van der Waals surface area contributed by atoms with Crippen molar-refractivity contribution in [1.82, 2.24) is 0 Å². The number of hydrogen-bond donors (Lipinski definition) is 1. The summed E-state index contributed by atoms with van der Waals surface area (Å²) in [6, 6.07) is 12.8. The zero-order chi connectivity index (χ0) is 14.7. The molecule has 0 heterocycles. The number of benzene rings is 2. The Morgan fingerprint density at radius 3 is 2.55 bits per heavy atom. The Labute approximate surface area is 128 Å². The predicted octanol–water partition coefficient (Wildman–Crippen LogP) is 4.44. The zero-order valence-corrected chi connectivity index (χ0v) is 12.8. The molecule has 0 saturated heterocycles. The quantitative estimate of drug-likeness (QED) is 0.517. The maximum absolute atomic E-state index is 6.15. The van der Waals surface area contributed by atoms with E-state index in [0.717, 1.165) is 17.0 Å². The Hall–Kier alpha value is -1.71. The fraction of sp³-hybridized carbons (Fsp3) is 0.133. The molecule has 0 aliphatic heterocycles. The minimum atomic E-state index is 0.629. The molecule has 0 amide bonds. The van der Waals surface area contributed by atoms with Crippen LogP contribution in [0.25, 0.3) is 0 Å². The summed E-state index contributed by atoms with van der Waals surface area (Å²) in [4.78, 5) is 0. The third kappa shape index (κ3) is 3.24. The molecule has 0 spiro atoms. The lowest BCUT2D eigenvalue weighted by molar-refractivity contribution is 1.01. The van der Waals surface area contributed by atoms with Crippen LogP contribution in [0.15, 0.2) is 47.6 Å². The van der Waals surface area contributed by atoms with Crippen molar-refractivity contribution in [2.45, 2.75) is 6.92 Å². The van der Waals surface area contributed by atoms with Crippen LogP contribution in [-0.2, 0) is 0 Å². The first-order chi connectivity index (χ1) is 9.49. The molecule has 2 N–H and O–H groups in total. The summed E-state index contributed by atoms with van der Waals surface area (Å²) in [6.07, 6.45) is 0. The molecular formula is C15H15Cl2N3. The Morgan fingerprint density at radius 1 is 1.15 bits per heavy atom. The molecule has 0 aromatic heterocycles. The minimum absolute atomic E-state index is 0.629. The van der Waals surface area contributed by atoms with Crippen molar-refractivity contribution >= 4 is 40.3 Å². The lowest BCUT2D eigenvalue weighted by atomic mass is 10.1. The fourth-order valence-electron chi connectivity index (χ4n) is 1.89. The maximum atomic E-state index is 6.15. The van der Waals surface area contributed by atoms with E-state index < -0.39 is 0 Å². The molecule has 5 heteroatoms. The van der Waals surface area contributed by atoms with Crippen molar-refractivity contribution in [2.75, 3.05) is 17.8 Å². The Kier molecular flexibility index (Phi) is 4.53. The van der Waals surface area contributed by atoms with Crippen LogP contribution in [0.1, 0.15) is 12.5 Å². The number of rotatable bonds is 3. The summed E-state index contributed by atoms with van der Waals surface area (Å²) < 4.78 is 0. The van der Waals surface area contributed by atoms with Crippen molar-refractivity contribution < 1.29 is 0 Å². The van der Waals surface area contributed by atoms with Gasteiger partial charge in [0.1, 0.15) is 0 Å². The lowest BCUT2D eigenvalue weighted by Gasteiger charge is -2.16. The van der Waals surface area contributed by atoms with E-state index in [1.54, 1.807) is 23.2 Å². The molecule has 0 aliphatic rings. The minimum Gasteiger partial charge on any atom is -0.398 e. The third-order valence-electron chi connectivity index (χ3n) is 2.91. The van der Waals surface area contributed by atoms with Crippen LogP contribution in [0.2, 0.25) is 10.0 Å². The highest BCUT2D eigenvalue weighted by atomic mass is 35.5. The first-order valence-corrected chi connectivity index (χ1v) is 6.83. The van der Waals surface area contributed by atoms with Gasteiger partial charge in [-0.05, 0) is 37.3 Å². The first-order valence-electron chi connectivity index (χ1n) is 6.08. The number of para-hydroxylation sites is 1. The van der Waals surface area contributed by atoms with Crippen LogP contribution in [0.5, 0.6) is 0 Å². The van der Waals surface area contributed by atoms with Gasteiger partial charge in [0, 0.05) is 23.3 Å². The van der Waals surface area contributed by atoms with Crippen molar-refractivity contribution in [1.29, 1.82) is 0 Å². The molecule has 0 bridgehead atoms. The molecule has 0 fully saturated rings. The number of nitrogens with two attached hydrogens (primary N) is 1. The second-order valence-corrected chi connectivity index (χ2v) is 5.24. The monoisotopic (exact) mass is 307 g/mol. The van der Waals surface area contributed by atoms with Crippen molar-refractivity contribution in [3.05, 3.63) is 58.1 Å². The van der Waals surface area contributed by atoms with Crippen LogP contribution < -0.4 is 10.7 Å². The summed E-state index contributed by atoms with van der Waals surface area (Å²) in [6.45, 7) is 1.88. The van der Waals surface area contributed by atoms with Gasteiger partial charge >= 0.3 is 0 Å². The van der Waals surface area contributed by atoms with E-state index in [9.17, 15) is 0 Å². The van der Waals surface area contributed by atoms with Gasteiger partial charge in [0.15, 0.2) is 0 Å². The van der Waals surface area contributed by atoms with E-state index in [2.05, 4.69) is 5.10 Å². The van der Waals surface area contributed by atoms with Gasteiger partial charge < -0.3 is 5.73 Å². The lowest BCUT2D eigenvalue weighted by Crippen LogP contribution is -2.13. The molecule has 104 valence electrons. The van der Waals surface area contributed by atoms with Crippen LogP contribution in [0, 0.1) is 0 Å². The van der Waals surface area contributed by atoms with E-state index >= 15 is 0 Å². The van der Waals surface area contributed by atoms with Crippen LogP contribution in [-0.4, -0.2) is 12.8 Å². The van der Waals surface area contributed by atoms with Crippen molar-refractivity contribution in [3.63, 3.8) is 0 Å². The Balaban J connectivity index is 2.35. The van der Waals surface area contributed by atoms with Crippen LogP contribution >= 0.6 is 23.2 Å². The highest BCUT2D eigenvalue weighted by molar-refractivity contribution is 6.33. The molecule has 0 unspecified atom stereocenters. The smallest absolute Gasteiger partial charge is 0.0776 e. The summed E-state index contributed by atoms with van der Waals surface area (Å²) in [5.41, 5.74) is 9.01. The topological polar surface area (TPSA) is 41.6 Å². The van der Waals surface area contributed by atoms with Gasteiger partial charge in [-0.3, -0.25) is 5.01 Å². The van der Waals surface area contributed by atoms with Gasteiger partial charge in [-0.15, -0.1) is 0 Å². The average molecular weight is 308 g/mol. The van der Waals surface area contributed by atoms with E-state index in [1.165, 1.54) is 0 Å². The van der Waals surface area contributed by atoms with Crippen molar-refractivity contribution in [3.8, 4) is 0 Å². The van der Waals surface area contributed by atoms with E-state index in [4.69, 9.17) is 28.9 Å². The van der Waals surface area contributed by atoms with E-state index in [1.807, 2.05) is 38.2 Å². The normalized spacial score (nSPS) is 11.5. The second kappa shape index (κ2) is 6.16. The number of halogens is 2. The number of anilines is 2. The molecule has 0 atom stereocenters. The third-order valence-corrected chi connectivity index (χ3v) is 3.46. The number of hydrogen-bond acceptors (Lipinski definition) is 3. The second-order valence-electron chi connectivity index (χ2n) is 4.39. The highest BCUT2D eigenvalue weighted by Crippen LogP contribution is 2.25. The SMILES string of the molecule is C/C(=N\N(C)c1ccccc1Cl)c1cc(Cl)ccc1N. The molecule has 20 heavy (non-hydrogen) atoms. The Bertz CT molecular complexity index is 653. The summed E-state index contributed by atoms with van der Waals surface area (Å²) in [7, 11) is 1.84. The number of nitrogens with zero attached hydrogens (tertiary/aromatic N) is 2. The molecule has 2 rings (SSSR count). The summed E-state index contributed by atoms with van der Waals surface area (Å²) in [5, 5.41) is 7.50. The molecule has 0 aliphatic carbocycles. The first kappa shape index (κ1) is 14.7. The summed E-state index contributed by atoms with van der Waals surface area (Å²) in [5.74, 6) is 0. The average Bonchev–Trinajstić information content (AvgIpc) is 2.41. The molecule has 2 aromatic rings. The largest absolute Gasteiger partial charge is 0.398 e. The molecule has 2 aromatic carbocycles. The van der Waals surface area contributed by atoms with Gasteiger partial charge in [-0.2, -0.15) is 5.10 Å². The zero-order valence-electron chi connectivity index (χ0n) is 11.3. The predicted molar refractivity (Wildman–Crippen MR) is 87.9 cm³/mol. The molecular weight excluding hydrogens is 293 g/mol. The van der Waals surface area contributed by atoms with Gasteiger partial charge in [-0.1, -0.05) is 35.3 Å². The summed E-state index contributed by atoms with van der Waals surface area (Å²) >= 11 is 12.1. The van der Waals surface area contributed by atoms with E-state index in [-0.39, 0.29) is 0 Å². The van der Waals surface area contributed by atoms with E-state index in [0.29, 0.717) is 15.7 Å².